The Balaban J connectivity index is 1.70. The van der Waals surface area contributed by atoms with E-state index in [-0.39, 0.29) is 17.4 Å². The molecule has 1 aliphatic carbocycles. The van der Waals surface area contributed by atoms with Gasteiger partial charge < -0.3 is 5.32 Å². The van der Waals surface area contributed by atoms with Crippen LogP contribution in [0.1, 0.15) is 81.7 Å². The number of allylic oxidation sites excluding steroid dienone is 2. The molecule has 0 spiro atoms. The third-order valence-electron chi connectivity index (χ3n) is 5.53. The van der Waals surface area contributed by atoms with Crippen LogP contribution in [0.25, 0.3) is 0 Å². The molecule has 1 amide bonds. The van der Waals surface area contributed by atoms with Crippen LogP contribution in [0.2, 0.25) is 0 Å². The zero-order chi connectivity index (χ0) is 20.3. The zero-order valence-corrected chi connectivity index (χ0v) is 17.7. The number of aromatic amines is 1. The average molecular weight is 384 g/mol. The second-order valence-electron chi connectivity index (χ2n) is 9.10. The number of amides is 1. The molecule has 2 aromatic rings. The van der Waals surface area contributed by atoms with Crippen LogP contribution in [-0.2, 0) is 12.8 Å². The number of carbonyl (C=O) groups is 1. The molecule has 0 fully saturated rings. The molecule has 2 N–H and O–H groups in total. The molecule has 0 saturated heterocycles. The third kappa shape index (κ3) is 4.72. The molecule has 3 rings (SSSR count). The van der Waals surface area contributed by atoms with Gasteiger partial charge in [0.15, 0.2) is 5.69 Å². The molecule has 1 unspecified atom stereocenters. The van der Waals surface area contributed by atoms with Crippen LogP contribution < -0.4 is 5.32 Å². The molecule has 6 heteroatoms. The molecule has 0 saturated carbocycles. The lowest BCUT2D eigenvalue weighted by Gasteiger charge is -2.28. The average Bonchev–Trinajstić information content (AvgIpc) is 3.24. The summed E-state index contributed by atoms with van der Waals surface area (Å²) in [5.74, 6) is 0.486. The van der Waals surface area contributed by atoms with E-state index in [4.69, 9.17) is 0 Å². The zero-order valence-electron chi connectivity index (χ0n) is 17.7. The first-order chi connectivity index (χ1) is 13.3. The van der Waals surface area contributed by atoms with E-state index in [0.29, 0.717) is 17.3 Å². The molecule has 0 radical (unpaired) electrons. The van der Waals surface area contributed by atoms with Gasteiger partial charge in [0.25, 0.3) is 5.91 Å². The van der Waals surface area contributed by atoms with Crippen molar-refractivity contribution in [3.63, 3.8) is 0 Å². The van der Waals surface area contributed by atoms with Crippen molar-refractivity contribution in [3.05, 3.63) is 41.5 Å². The van der Waals surface area contributed by atoms with E-state index < -0.39 is 0 Å². The lowest BCUT2D eigenvalue weighted by atomic mass is 9.76. The summed E-state index contributed by atoms with van der Waals surface area (Å²) in [5, 5.41) is 14.8. The highest BCUT2D eigenvalue weighted by molar-refractivity contribution is 6.03. The van der Waals surface area contributed by atoms with Crippen LogP contribution in [0, 0.1) is 11.3 Å². The number of carbonyl (C=O) groups excluding carboxylic acids is 1. The molecule has 0 aromatic carbocycles. The summed E-state index contributed by atoms with van der Waals surface area (Å²) in [5.41, 5.74) is 3.64. The van der Waals surface area contributed by atoms with Gasteiger partial charge in [0.05, 0.1) is 17.9 Å². The highest BCUT2D eigenvalue weighted by Crippen LogP contribution is 2.35. The predicted octanol–water partition coefficient (Wildman–Crippen LogP) is 4.93. The summed E-state index contributed by atoms with van der Waals surface area (Å²) >= 11 is 0. The van der Waals surface area contributed by atoms with Crippen molar-refractivity contribution in [2.75, 3.05) is 5.32 Å². The first kappa shape index (κ1) is 20.4. The van der Waals surface area contributed by atoms with Crippen molar-refractivity contribution in [1.82, 2.24) is 20.0 Å². The molecule has 6 nitrogen and oxygen atoms in total. The maximum Gasteiger partial charge on any atom is 0.276 e. The minimum absolute atomic E-state index is 0.165. The standard InChI is InChI=1S/C22H33N5O/c1-6-7-17(9-8-15(2)3)27-14-16(13-23-27)24-21(28)20-18-10-11-22(4,5)12-19(18)25-26-20/h6-7,13-15,17H,8-12H2,1-5H3,(H,24,28)(H,25,26). The van der Waals surface area contributed by atoms with E-state index in [9.17, 15) is 4.79 Å². The number of hydrogen-bond donors (Lipinski definition) is 2. The summed E-state index contributed by atoms with van der Waals surface area (Å²) in [7, 11) is 0. The molecule has 28 heavy (non-hydrogen) atoms. The molecule has 1 aliphatic rings. The summed E-state index contributed by atoms with van der Waals surface area (Å²) in [6.45, 7) is 11.0. The van der Waals surface area contributed by atoms with Gasteiger partial charge in [-0.3, -0.25) is 14.6 Å². The molecular formula is C22H33N5O. The Hall–Kier alpha value is -2.37. The Morgan fingerprint density at radius 2 is 2.18 bits per heavy atom. The maximum absolute atomic E-state index is 12.8. The topological polar surface area (TPSA) is 75.6 Å². The van der Waals surface area contributed by atoms with Gasteiger partial charge in [0.2, 0.25) is 0 Å². The van der Waals surface area contributed by atoms with Crippen LogP contribution in [0.15, 0.2) is 24.5 Å². The number of H-pyrrole nitrogens is 1. The fourth-order valence-electron chi connectivity index (χ4n) is 3.85. The van der Waals surface area contributed by atoms with Gasteiger partial charge in [-0.25, -0.2) is 0 Å². The molecule has 0 bridgehead atoms. The van der Waals surface area contributed by atoms with Crippen molar-refractivity contribution in [2.24, 2.45) is 11.3 Å². The van der Waals surface area contributed by atoms with Gasteiger partial charge in [-0.2, -0.15) is 10.2 Å². The third-order valence-corrected chi connectivity index (χ3v) is 5.53. The summed E-state index contributed by atoms with van der Waals surface area (Å²) in [4.78, 5) is 12.8. The van der Waals surface area contributed by atoms with Crippen LogP contribution in [-0.4, -0.2) is 25.9 Å². The number of nitrogens with zero attached hydrogens (tertiary/aromatic N) is 3. The molecule has 2 aromatic heterocycles. The van der Waals surface area contributed by atoms with Crippen molar-refractivity contribution >= 4 is 11.6 Å². The Kier molecular flexibility index (Phi) is 6.06. The Morgan fingerprint density at radius 1 is 1.39 bits per heavy atom. The number of hydrogen-bond acceptors (Lipinski definition) is 3. The minimum atomic E-state index is -0.165. The van der Waals surface area contributed by atoms with Crippen LogP contribution in [0.4, 0.5) is 5.69 Å². The molecule has 2 heterocycles. The highest BCUT2D eigenvalue weighted by Gasteiger charge is 2.30. The first-order valence-corrected chi connectivity index (χ1v) is 10.3. The maximum atomic E-state index is 12.8. The van der Waals surface area contributed by atoms with E-state index in [2.05, 4.69) is 60.5 Å². The van der Waals surface area contributed by atoms with Crippen molar-refractivity contribution < 1.29 is 4.79 Å². The lowest BCUT2D eigenvalue weighted by molar-refractivity contribution is 0.102. The molecular weight excluding hydrogens is 350 g/mol. The Bertz CT molecular complexity index is 843. The van der Waals surface area contributed by atoms with Gasteiger partial charge in [-0.1, -0.05) is 39.8 Å². The summed E-state index contributed by atoms with van der Waals surface area (Å²) in [6.07, 6.45) is 12.9. The second kappa shape index (κ2) is 8.33. The minimum Gasteiger partial charge on any atom is -0.318 e. The summed E-state index contributed by atoms with van der Waals surface area (Å²) in [6, 6.07) is 0.207. The monoisotopic (exact) mass is 383 g/mol. The predicted molar refractivity (Wildman–Crippen MR) is 112 cm³/mol. The number of nitrogens with one attached hydrogen (secondary N) is 2. The van der Waals surface area contributed by atoms with Crippen molar-refractivity contribution in [3.8, 4) is 0 Å². The molecule has 1 atom stereocenters. The fourth-order valence-corrected chi connectivity index (χ4v) is 3.85. The van der Waals surface area contributed by atoms with E-state index in [1.807, 2.05) is 17.8 Å². The quantitative estimate of drug-likeness (QED) is 0.666. The number of fused-ring (bicyclic) bond motifs is 1. The number of anilines is 1. The highest BCUT2D eigenvalue weighted by atomic mass is 16.2. The number of aromatic nitrogens is 4. The SMILES string of the molecule is CC=CC(CCC(C)C)n1cc(NC(=O)c2n[nH]c3c2CCC(C)(C)C3)cn1. The van der Waals surface area contributed by atoms with E-state index in [1.54, 1.807) is 6.20 Å². The van der Waals surface area contributed by atoms with Crippen LogP contribution >= 0.6 is 0 Å². The summed E-state index contributed by atoms with van der Waals surface area (Å²) < 4.78 is 1.93. The largest absolute Gasteiger partial charge is 0.318 e. The van der Waals surface area contributed by atoms with Gasteiger partial charge >= 0.3 is 0 Å². The Labute approximate surface area is 167 Å². The smallest absolute Gasteiger partial charge is 0.276 e. The fraction of sp³-hybridized carbons (Fsp3) is 0.591. The normalized spacial score (nSPS) is 17.1. The Morgan fingerprint density at radius 3 is 2.89 bits per heavy atom. The number of rotatable bonds is 7. The molecule has 0 aliphatic heterocycles. The van der Waals surface area contributed by atoms with Gasteiger partial charge in [-0.05, 0) is 50.4 Å². The lowest BCUT2D eigenvalue weighted by Crippen LogP contribution is -2.23. The van der Waals surface area contributed by atoms with Gasteiger partial charge in [0.1, 0.15) is 0 Å². The van der Waals surface area contributed by atoms with Crippen molar-refractivity contribution in [2.45, 2.75) is 72.8 Å². The van der Waals surface area contributed by atoms with Gasteiger partial charge in [0, 0.05) is 17.5 Å². The van der Waals surface area contributed by atoms with E-state index >= 15 is 0 Å². The van der Waals surface area contributed by atoms with Crippen LogP contribution in [0.5, 0.6) is 0 Å². The first-order valence-electron chi connectivity index (χ1n) is 10.3. The second-order valence-corrected chi connectivity index (χ2v) is 9.10. The van der Waals surface area contributed by atoms with Crippen molar-refractivity contribution in [1.29, 1.82) is 0 Å². The van der Waals surface area contributed by atoms with Crippen LogP contribution in [0.3, 0.4) is 0 Å². The van der Waals surface area contributed by atoms with E-state index in [1.165, 1.54) is 0 Å². The van der Waals surface area contributed by atoms with Gasteiger partial charge in [-0.15, -0.1) is 0 Å². The molecule has 152 valence electrons. The van der Waals surface area contributed by atoms with E-state index in [0.717, 1.165) is 43.4 Å².